The summed E-state index contributed by atoms with van der Waals surface area (Å²) in [5.41, 5.74) is 0.526. The van der Waals surface area contributed by atoms with Crippen LogP contribution >= 0.6 is 15.9 Å². The number of carboxylic acid groups (broad SMARTS) is 1. The highest BCUT2D eigenvalue weighted by molar-refractivity contribution is 9.10. The highest BCUT2D eigenvalue weighted by Gasteiger charge is 2.34. The molecule has 0 radical (unpaired) electrons. The molecule has 0 bridgehead atoms. The minimum Gasteiger partial charge on any atom is -0.481 e. The number of aromatic nitrogens is 1. The lowest BCUT2D eigenvalue weighted by atomic mass is 10.0. The van der Waals surface area contributed by atoms with E-state index in [1.807, 2.05) is 0 Å². The summed E-state index contributed by atoms with van der Waals surface area (Å²) in [6.07, 6.45) is 4.00. The van der Waals surface area contributed by atoms with E-state index in [0.717, 1.165) is 17.3 Å². The first kappa shape index (κ1) is 13.1. The fraction of sp³-hybridized carbons (Fsp3) is 0.500. The molecule has 1 saturated carbocycles. The topological polar surface area (TPSA) is 71.3 Å². The Hall–Kier alpha value is -1.30. The normalized spacial score (nSPS) is 23.0. The van der Waals surface area contributed by atoms with Gasteiger partial charge < -0.3 is 15.0 Å². The number of hydrogen-bond acceptors (Lipinski definition) is 2. The third-order valence-corrected chi connectivity index (χ3v) is 3.79. The lowest BCUT2D eigenvalue weighted by Gasteiger charge is -2.17. The SMILES string of the molecule is Cn1cc(Br)cc1C(=O)N[C@@H]1CCC[C@@H]1C(=O)O. The van der Waals surface area contributed by atoms with Crippen molar-refractivity contribution in [1.29, 1.82) is 0 Å². The van der Waals surface area contributed by atoms with E-state index in [2.05, 4.69) is 21.2 Å². The fourth-order valence-corrected chi connectivity index (χ4v) is 2.94. The van der Waals surface area contributed by atoms with Gasteiger partial charge in [0.1, 0.15) is 5.69 Å². The molecule has 6 heteroatoms. The van der Waals surface area contributed by atoms with Crippen LogP contribution in [0.3, 0.4) is 0 Å². The Kier molecular flexibility index (Phi) is 3.75. The molecule has 18 heavy (non-hydrogen) atoms. The zero-order chi connectivity index (χ0) is 13.3. The summed E-state index contributed by atoms with van der Waals surface area (Å²) in [5, 5.41) is 11.9. The molecule has 5 nitrogen and oxygen atoms in total. The highest BCUT2D eigenvalue weighted by Crippen LogP contribution is 2.26. The van der Waals surface area contributed by atoms with Crippen molar-refractivity contribution < 1.29 is 14.7 Å². The average molecular weight is 315 g/mol. The van der Waals surface area contributed by atoms with Crippen molar-refractivity contribution in [3.8, 4) is 0 Å². The van der Waals surface area contributed by atoms with Gasteiger partial charge in [-0.1, -0.05) is 6.42 Å². The third kappa shape index (κ3) is 2.58. The molecule has 0 spiro atoms. The van der Waals surface area contributed by atoms with E-state index in [9.17, 15) is 9.59 Å². The lowest BCUT2D eigenvalue weighted by Crippen LogP contribution is -2.40. The van der Waals surface area contributed by atoms with E-state index in [0.29, 0.717) is 12.1 Å². The number of amides is 1. The second-order valence-corrected chi connectivity index (χ2v) is 5.53. The summed E-state index contributed by atoms with van der Waals surface area (Å²) >= 11 is 3.30. The molecule has 1 fully saturated rings. The predicted molar refractivity (Wildman–Crippen MR) is 69.3 cm³/mol. The number of nitrogens with zero attached hydrogens (tertiary/aromatic N) is 1. The Labute approximate surface area is 113 Å². The highest BCUT2D eigenvalue weighted by atomic mass is 79.9. The smallest absolute Gasteiger partial charge is 0.308 e. The van der Waals surface area contributed by atoms with Crippen molar-refractivity contribution in [2.24, 2.45) is 13.0 Å². The fourth-order valence-electron chi connectivity index (χ4n) is 2.42. The molecular weight excluding hydrogens is 300 g/mol. The summed E-state index contributed by atoms with van der Waals surface area (Å²) in [4.78, 5) is 23.1. The van der Waals surface area contributed by atoms with E-state index in [1.165, 1.54) is 0 Å². The zero-order valence-electron chi connectivity index (χ0n) is 10.0. The Morgan fingerprint density at radius 3 is 2.78 bits per heavy atom. The van der Waals surface area contributed by atoms with Crippen LogP contribution in [-0.2, 0) is 11.8 Å². The molecule has 0 unspecified atom stereocenters. The van der Waals surface area contributed by atoms with Crippen molar-refractivity contribution in [3.05, 3.63) is 22.4 Å². The van der Waals surface area contributed by atoms with Crippen LogP contribution in [-0.4, -0.2) is 27.6 Å². The zero-order valence-corrected chi connectivity index (χ0v) is 11.6. The number of carbonyl (C=O) groups excluding carboxylic acids is 1. The molecular formula is C12H15BrN2O3. The van der Waals surface area contributed by atoms with Gasteiger partial charge in [0.15, 0.2) is 0 Å². The number of aryl methyl sites for hydroxylation is 1. The number of halogens is 1. The van der Waals surface area contributed by atoms with Crippen LogP contribution in [0.1, 0.15) is 29.8 Å². The van der Waals surface area contributed by atoms with E-state index >= 15 is 0 Å². The molecule has 2 rings (SSSR count). The molecule has 2 N–H and O–H groups in total. The van der Waals surface area contributed by atoms with Gasteiger partial charge in [-0.25, -0.2) is 0 Å². The van der Waals surface area contributed by atoms with Crippen molar-refractivity contribution >= 4 is 27.8 Å². The molecule has 98 valence electrons. The molecule has 0 saturated heterocycles. The summed E-state index contributed by atoms with van der Waals surface area (Å²) in [7, 11) is 1.78. The van der Waals surface area contributed by atoms with Gasteiger partial charge in [-0.3, -0.25) is 9.59 Å². The summed E-state index contributed by atoms with van der Waals surface area (Å²) in [6.45, 7) is 0. The van der Waals surface area contributed by atoms with Crippen LogP contribution in [0.4, 0.5) is 0 Å². The number of hydrogen-bond donors (Lipinski definition) is 2. The van der Waals surface area contributed by atoms with Gasteiger partial charge in [0.25, 0.3) is 5.91 Å². The Morgan fingerprint density at radius 2 is 2.22 bits per heavy atom. The third-order valence-electron chi connectivity index (χ3n) is 3.35. The molecule has 1 aromatic rings. The first-order valence-corrected chi connectivity index (χ1v) is 6.64. The van der Waals surface area contributed by atoms with Crippen molar-refractivity contribution in [2.75, 3.05) is 0 Å². The summed E-state index contributed by atoms with van der Waals surface area (Å²) in [6, 6.07) is 1.46. The van der Waals surface area contributed by atoms with E-state index in [-0.39, 0.29) is 11.9 Å². The maximum atomic E-state index is 12.1. The maximum Gasteiger partial charge on any atom is 0.308 e. The molecule has 1 heterocycles. The van der Waals surface area contributed by atoms with Gasteiger partial charge >= 0.3 is 5.97 Å². The number of rotatable bonds is 3. The predicted octanol–water partition coefficient (Wildman–Crippen LogP) is 1.77. The van der Waals surface area contributed by atoms with Gasteiger partial charge in [0.2, 0.25) is 0 Å². The molecule has 1 aromatic heterocycles. The van der Waals surface area contributed by atoms with Gasteiger partial charge in [0, 0.05) is 23.8 Å². The number of nitrogens with one attached hydrogen (secondary N) is 1. The molecule has 1 amide bonds. The standard InChI is InChI=1S/C12H15BrN2O3/c1-15-6-7(13)5-10(15)11(16)14-9-4-2-3-8(9)12(17)18/h5-6,8-9H,2-4H2,1H3,(H,14,16)(H,17,18)/t8-,9+/m0/s1. The number of aliphatic carboxylic acids is 1. The maximum absolute atomic E-state index is 12.1. The van der Waals surface area contributed by atoms with Crippen molar-refractivity contribution in [2.45, 2.75) is 25.3 Å². The minimum atomic E-state index is -0.828. The van der Waals surface area contributed by atoms with Crippen molar-refractivity contribution in [1.82, 2.24) is 9.88 Å². The number of carbonyl (C=O) groups is 2. The van der Waals surface area contributed by atoms with E-state index < -0.39 is 11.9 Å². The monoisotopic (exact) mass is 314 g/mol. The first-order valence-electron chi connectivity index (χ1n) is 5.84. The van der Waals surface area contributed by atoms with Crippen LogP contribution in [0.5, 0.6) is 0 Å². The number of carboxylic acids is 1. The summed E-state index contributed by atoms with van der Waals surface area (Å²) < 4.78 is 2.54. The van der Waals surface area contributed by atoms with Gasteiger partial charge in [0.05, 0.1) is 5.92 Å². The largest absolute Gasteiger partial charge is 0.481 e. The molecule has 0 aromatic carbocycles. The van der Waals surface area contributed by atoms with Crippen molar-refractivity contribution in [3.63, 3.8) is 0 Å². The van der Waals surface area contributed by atoms with Gasteiger partial charge in [-0.05, 0) is 34.8 Å². The van der Waals surface area contributed by atoms with Crippen LogP contribution in [0.25, 0.3) is 0 Å². The van der Waals surface area contributed by atoms with Crippen LogP contribution in [0.2, 0.25) is 0 Å². The lowest BCUT2D eigenvalue weighted by molar-refractivity contribution is -0.142. The second-order valence-electron chi connectivity index (χ2n) is 4.61. The first-order chi connectivity index (χ1) is 8.49. The Bertz CT molecular complexity index is 484. The van der Waals surface area contributed by atoms with E-state index in [1.54, 1.807) is 23.9 Å². The van der Waals surface area contributed by atoms with Crippen LogP contribution in [0.15, 0.2) is 16.7 Å². The minimum absolute atomic E-state index is 0.221. The molecule has 0 aliphatic heterocycles. The Balaban J connectivity index is 2.07. The second kappa shape index (κ2) is 5.14. The van der Waals surface area contributed by atoms with Gasteiger partial charge in [-0.2, -0.15) is 0 Å². The average Bonchev–Trinajstić information content (AvgIpc) is 2.85. The van der Waals surface area contributed by atoms with Gasteiger partial charge in [-0.15, -0.1) is 0 Å². The molecule has 1 aliphatic rings. The van der Waals surface area contributed by atoms with Crippen LogP contribution in [0, 0.1) is 5.92 Å². The Morgan fingerprint density at radius 1 is 1.50 bits per heavy atom. The van der Waals surface area contributed by atoms with E-state index in [4.69, 9.17) is 5.11 Å². The summed E-state index contributed by atoms with van der Waals surface area (Å²) in [5.74, 6) is -1.51. The van der Waals surface area contributed by atoms with Crippen LogP contribution < -0.4 is 5.32 Å². The quantitative estimate of drug-likeness (QED) is 0.893. The molecule has 1 aliphatic carbocycles. The molecule has 2 atom stereocenters.